The Morgan fingerprint density at radius 1 is 1.18 bits per heavy atom. The lowest BCUT2D eigenvalue weighted by molar-refractivity contribution is 0.0501. The Morgan fingerprint density at radius 2 is 1.88 bits per heavy atom. The van der Waals surface area contributed by atoms with Crippen LogP contribution in [0.15, 0.2) is 0 Å². The molecule has 17 heavy (non-hydrogen) atoms. The van der Waals surface area contributed by atoms with E-state index in [-0.39, 0.29) is 0 Å². The molecule has 0 bridgehead atoms. The smallest absolute Gasteiger partial charge is 0.104 e. The number of ether oxygens (including phenoxy) is 2. The van der Waals surface area contributed by atoms with Crippen molar-refractivity contribution in [2.24, 2.45) is 0 Å². The highest BCUT2D eigenvalue weighted by Crippen LogP contribution is 2.11. The van der Waals surface area contributed by atoms with Crippen LogP contribution in [-0.2, 0) is 9.47 Å². The van der Waals surface area contributed by atoms with Gasteiger partial charge in [0, 0.05) is 13.2 Å². The van der Waals surface area contributed by atoms with Gasteiger partial charge in [0.15, 0.2) is 0 Å². The third-order valence-corrected chi connectivity index (χ3v) is 2.55. The van der Waals surface area contributed by atoms with Crippen LogP contribution in [0.1, 0.15) is 40.0 Å². The third kappa shape index (κ3) is 9.11. The lowest BCUT2D eigenvalue weighted by Crippen LogP contribution is -2.41. The summed E-state index contributed by atoms with van der Waals surface area (Å²) in [5.74, 6) is 0. The van der Waals surface area contributed by atoms with Crippen LogP contribution in [0.25, 0.3) is 0 Å². The normalized spacial score (nSPS) is 14.2. The zero-order valence-electron chi connectivity index (χ0n) is 11.4. The third-order valence-electron chi connectivity index (χ3n) is 2.55. The van der Waals surface area contributed by atoms with E-state index in [2.05, 4.69) is 18.3 Å². The largest absolute Gasteiger partial charge is 0.379 e. The van der Waals surface area contributed by atoms with Crippen LogP contribution in [0.3, 0.4) is 0 Å². The standard InChI is InChI=1S/C13H26N2O2/c1-4-8-15-13(3,12-14)7-6-9-17-11-10-16-5-2/h15H,4-11H2,1-3H3. The van der Waals surface area contributed by atoms with Crippen molar-refractivity contribution in [3.05, 3.63) is 0 Å². The first kappa shape index (κ1) is 16.4. The molecule has 0 heterocycles. The van der Waals surface area contributed by atoms with E-state index in [1.54, 1.807) is 0 Å². The quantitative estimate of drug-likeness (QED) is 0.564. The molecule has 0 rings (SSSR count). The van der Waals surface area contributed by atoms with Gasteiger partial charge in [0.2, 0.25) is 0 Å². The molecule has 0 amide bonds. The zero-order valence-corrected chi connectivity index (χ0v) is 11.4. The summed E-state index contributed by atoms with van der Waals surface area (Å²) in [6.07, 6.45) is 2.76. The van der Waals surface area contributed by atoms with Crippen molar-refractivity contribution in [1.29, 1.82) is 5.26 Å². The molecule has 0 saturated heterocycles. The van der Waals surface area contributed by atoms with Gasteiger partial charge in [-0.25, -0.2) is 0 Å². The van der Waals surface area contributed by atoms with Crippen LogP contribution < -0.4 is 5.32 Å². The highest BCUT2D eigenvalue weighted by atomic mass is 16.5. The summed E-state index contributed by atoms with van der Waals surface area (Å²) >= 11 is 0. The SMILES string of the molecule is CCCNC(C)(C#N)CCCOCCOCC. The Balaban J connectivity index is 3.53. The van der Waals surface area contributed by atoms with E-state index < -0.39 is 5.54 Å². The van der Waals surface area contributed by atoms with E-state index in [4.69, 9.17) is 14.7 Å². The summed E-state index contributed by atoms with van der Waals surface area (Å²) in [5, 5.41) is 12.4. The lowest BCUT2D eigenvalue weighted by atomic mass is 9.98. The van der Waals surface area contributed by atoms with Gasteiger partial charge in [0.25, 0.3) is 0 Å². The summed E-state index contributed by atoms with van der Waals surface area (Å²) in [6.45, 7) is 9.62. The van der Waals surface area contributed by atoms with Crippen molar-refractivity contribution in [3.8, 4) is 6.07 Å². The van der Waals surface area contributed by atoms with Crippen molar-refractivity contribution in [2.75, 3.05) is 33.0 Å². The maximum atomic E-state index is 9.11. The number of rotatable bonds is 11. The van der Waals surface area contributed by atoms with E-state index in [9.17, 15) is 0 Å². The van der Waals surface area contributed by atoms with Gasteiger partial charge in [0.1, 0.15) is 5.54 Å². The van der Waals surface area contributed by atoms with Gasteiger partial charge in [-0.15, -0.1) is 0 Å². The molecule has 0 aliphatic heterocycles. The molecule has 0 aromatic heterocycles. The first-order valence-electron chi connectivity index (χ1n) is 6.50. The topological polar surface area (TPSA) is 54.3 Å². The van der Waals surface area contributed by atoms with E-state index in [0.29, 0.717) is 19.8 Å². The summed E-state index contributed by atoms with van der Waals surface area (Å²) < 4.78 is 10.6. The molecule has 4 heteroatoms. The Labute approximate surface area is 105 Å². The maximum absolute atomic E-state index is 9.11. The second-order valence-electron chi connectivity index (χ2n) is 4.28. The molecule has 0 saturated carbocycles. The van der Waals surface area contributed by atoms with Crippen LogP contribution >= 0.6 is 0 Å². The van der Waals surface area contributed by atoms with E-state index in [0.717, 1.165) is 32.4 Å². The van der Waals surface area contributed by atoms with Crippen LogP contribution in [-0.4, -0.2) is 38.5 Å². The highest BCUT2D eigenvalue weighted by Gasteiger charge is 2.21. The van der Waals surface area contributed by atoms with E-state index in [1.807, 2.05) is 13.8 Å². The number of nitrogens with one attached hydrogen (secondary N) is 1. The van der Waals surface area contributed by atoms with Gasteiger partial charge in [0.05, 0.1) is 19.3 Å². The highest BCUT2D eigenvalue weighted by molar-refractivity contribution is 5.03. The molecule has 4 nitrogen and oxygen atoms in total. The molecule has 0 fully saturated rings. The molecule has 0 spiro atoms. The van der Waals surface area contributed by atoms with Crippen LogP contribution in [0.5, 0.6) is 0 Å². The van der Waals surface area contributed by atoms with Crippen molar-refractivity contribution in [3.63, 3.8) is 0 Å². The Kier molecular flexibility index (Phi) is 10.1. The van der Waals surface area contributed by atoms with Crippen molar-refractivity contribution in [2.45, 2.75) is 45.6 Å². The average Bonchev–Trinajstić information content (AvgIpc) is 2.35. The predicted molar refractivity (Wildman–Crippen MR) is 68.9 cm³/mol. The van der Waals surface area contributed by atoms with E-state index >= 15 is 0 Å². The number of nitriles is 1. The predicted octanol–water partition coefficient (Wildman–Crippen LogP) is 2.10. The molecule has 1 atom stereocenters. The Bertz CT molecular complexity index is 216. The summed E-state index contributed by atoms with van der Waals surface area (Å²) in [4.78, 5) is 0. The fourth-order valence-electron chi connectivity index (χ4n) is 1.48. The van der Waals surface area contributed by atoms with Gasteiger partial charge in [-0.05, 0) is 39.7 Å². The van der Waals surface area contributed by atoms with Gasteiger partial charge >= 0.3 is 0 Å². The first-order chi connectivity index (χ1) is 8.18. The molecule has 0 aliphatic rings. The van der Waals surface area contributed by atoms with Gasteiger partial charge in [-0.2, -0.15) is 5.26 Å². The lowest BCUT2D eigenvalue weighted by Gasteiger charge is -2.22. The monoisotopic (exact) mass is 242 g/mol. The summed E-state index contributed by atoms with van der Waals surface area (Å²) in [6, 6.07) is 2.33. The van der Waals surface area contributed by atoms with Crippen LogP contribution in [0, 0.1) is 11.3 Å². The van der Waals surface area contributed by atoms with E-state index in [1.165, 1.54) is 0 Å². The summed E-state index contributed by atoms with van der Waals surface area (Å²) in [7, 11) is 0. The van der Waals surface area contributed by atoms with Crippen molar-refractivity contribution >= 4 is 0 Å². The zero-order chi connectivity index (χ0) is 13.0. The molecule has 1 unspecified atom stereocenters. The second kappa shape index (κ2) is 10.5. The van der Waals surface area contributed by atoms with Gasteiger partial charge in [-0.3, -0.25) is 5.32 Å². The number of hydrogen-bond donors (Lipinski definition) is 1. The van der Waals surface area contributed by atoms with Gasteiger partial charge < -0.3 is 9.47 Å². The molecular formula is C13H26N2O2. The fraction of sp³-hybridized carbons (Fsp3) is 0.923. The van der Waals surface area contributed by atoms with Crippen LogP contribution in [0.2, 0.25) is 0 Å². The van der Waals surface area contributed by atoms with Crippen LogP contribution in [0.4, 0.5) is 0 Å². The average molecular weight is 242 g/mol. The molecule has 0 aliphatic carbocycles. The fourth-order valence-corrected chi connectivity index (χ4v) is 1.48. The minimum atomic E-state index is -0.417. The minimum absolute atomic E-state index is 0.417. The molecule has 1 N–H and O–H groups in total. The molecule has 0 radical (unpaired) electrons. The van der Waals surface area contributed by atoms with Crippen molar-refractivity contribution < 1.29 is 9.47 Å². The Hall–Kier alpha value is -0.630. The minimum Gasteiger partial charge on any atom is -0.379 e. The maximum Gasteiger partial charge on any atom is 0.104 e. The second-order valence-corrected chi connectivity index (χ2v) is 4.28. The molecule has 0 aromatic carbocycles. The Morgan fingerprint density at radius 3 is 2.47 bits per heavy atom. The van der Waals surface area contributed by atoms with Gasteiger partial charge in [-0.1, -0.05) is 6.92 Å². The summed E-state index contributed by atoms with van der Waals surface area (Å²) in [5.41, 5.74) is -0.417. The molecular weight excluding hydrogens is 216 g/mol. The number of nitrogens with zero attached hydrogens (tertiary/aromatic N) is 1. The molecule has 0 aromatic rings. The first-order valence-corrected chi connectivity index (χ1v) is 6.50. The van der Waals surface area contributed by atoms with Crippen molar-refractivity contribution in [1.82, 2.24) is 5.32 Å². The molecule has 100 valence electrons. The number of hydrogen-bond acceptors (Lipinski definition) is 4.